The van der Waals surface area contributed by atoms with Crippen LogP contribution in [0.2, 0.25) is 0 Å². The summed E-state index contributed by atoms with van der Waals surface area (Å²) >= 11 is 0. The first-order valence-corrected chi connectivity index (χ1v) is 9.23. The van der Waals surface area contributed by atoms with E-state index in [0.29, 0.717) is 18.4 Å². The third kappa shape index (κ3) is 3.47. The first-order valence-electron chi connectivity index (χ1n) is 9.23. The van der Waals surface area contributed by atoms with Gasteiger partial charge < -0.3 is 5.32 Å². The zero-order valence-electron chi connectivity index (χ0n) is 15.6. The molecule has 4 heterocycles. The quantitative estimate of drug-likeness (QED) is 0.700. The van der Waals surface area contributed by atoms with Crippen LogP contribution in [0.3, 0.4) is 0 Å². The van der Waals surface area contributed by atoms with E-state index in [1.54, 1.807) is 24.8 Å². The van der Waals surface area contributed by atoms with E-state index in [9.17, 15) is 4.79 Å². The summed E-state index contributed by atoms with van der Waals surface area (Å²) in [5.41, 5.74) is 2.48. The molecule has 0 amide bonds. The zero-order valence-corrected chi connectivity index (χ0v) is 15.6. The molecule has 3 aromatic rings. The number of anilines is 1. The van der Waals surface area contributed by atoms with Crippen molar-refractivity contribution in [3.63, 3.8) is 0 Å². The summed E-state index contributed by atoms with van der Waals surface area (Å²) in [6.07, 6.45) is 8.99. The van der Waals surface area contributed by atoms with E-state index in [0.717, 1.165) is 23.5 Å². The molecular formula is C21H23N5O. The molecule has 0 aromatic carbocycles. The van der Waals surface area contributed by atoms with Crippen molar-refractivity contribution in [2.75, 3.05) is 5.32 Å². The molecule has 0 aliphatic carbocycles. The van der Waals surface area contributed by atoms with Crippen LogP contribution in [-0.4, -0.2) is 25.5 Å². The second-order valence-corrected chi connectivity index (χ2v) is 7.57. The number of nitrogens with one attached hydrogen (secondary N) is 1. The van der Waals surface area contributed by atoms with Crippen molar-refractivity contribution in [2.45, 2.75) is 44.7 Å². The maximum atomic E-state index is 12.9. The van der Waals surface area contributed by atoms with Gasteiger partial charge in [-0.1, -0.05) is 12.1 Å². The van der Waals surface area contributed by atoms with Crippen LogP contribution in [0.25, 0.3) is 0 Å². The molecule has 0 radical (unpaired) electrons. The lowest BCUT2D eigenvalue weighted by molar-refractivity contribution is 0.0983. The van der Waals surface area contributed by atoms with E-state index in [1.807, 2.05) is 35.0 Å². The fourth-order valence-corrected chi connectivity index (χ4v) is 3.65. The molecule has 1 aliphatic heterocycles. The fourth-order valence-electron chi connectivity index (χ4n) is 3.65. The summed E-state index contributed by atoms with van der Waals surface area (Å²) in [6.45, 7) is 4.29. The maximum absolute atomic E-state index is 12.9. The van der Waals surface area contributed by atoms with Gasteiger partial charge in [-0.15, -0.1) is 0 Å². The Morgan fingerprint density at radius 3 is 2.85 bits per heavy atom. The molecule has 3 aromatic heterocycles. The minimum atomic E-state index is -0.204. The molecule has 1 N–H and O–H groups in total. The predicted molar refractivity (Wildman–Crippen MR) is 104 cm³/mol. The lowest BCUT2D eigenvalue weighted by atomic mass is 9.90. The molecule has 0 bridgehead atoms. The van der Waals surface area contributed by atoms with Gasteiger partial charge in [-0.25, -0.2) is 4.68 Å². The Kier molecular flexibility index (Phi) is 4.48. The van der Waals surface area contributed by atoms with Crippen molar-refractivity contribution >= 4 is 11.6 Å². The van der Waals surface area contributed by atoms with Crippen LogP contribution >= 0.6 is 0 Å². The summed E-state index contributed by atoms with van der Waals surface area (Å²) in [5, 5.41) is 8.02. The Bertz CT molecular complexity index is 934. The number of nitrogens with zero attached hydrogens (tertiary/aromatic N) is 4. The summed E-state index contributed by atoms with van der Waals surface area (Å²) < 4.78 is 1.93. The molecule has 0 fully saturated rings. The second kappa shape index (κ2) is 6.95. The monoisotopic (exact) mass is 361 g/mol. The van der Waals surface area contributed by atoms with E-state index in [4.69, 9.17) is 0 Å². The van der Waals surface area contributed by atoms with Crippen LogP contribution in [0.4, 0.5) is 5.82 Å². The minimum Gasteiger partial charge on any atom is -0.361 e. The normalized spacial score (nSPS) is 17.8. The number of hydrogen-bond donors (Lipinski definition) is 1. The fraction of sp³-hybridized carbons (Fsp3) is 0.333. The van der Waals surface area contributed by atoms with Gasteiger partial charge in [-0.3, -0.25) is 14.8 Å². The van der Waals surface area contributed by atoms with Crippen LogP contribution in [0.1, 0.15) is 54.3 Å². The molecule has 27 heavy (non-hydrogen) atoms. The summed E-state index contributed by atoms with van der Waals surface area (Å²) in [5.74, 6) is 0.878. The summed E-state index contributed by atoms with van der Waals surface area (Å²) in [7, 11) is 0. The van der Waals surface area contributed by atoms with Crippen LogP contribution in [0.5, 0.6) is 0 Å². The highest BCUT2D eigenvalue weighted by Crippen LogP contribution is 2.39. The molecule has 0 saturated carbocycles. The third-order valence-electron chi connectivity index (χ3n) is 5.07. The van der Waals surface area contributed by atoms with Crippen molar-refractivity contribution in [3.05, 3.63) is 71.9 Å². The van der Waals surface area contributed by atoms with Crippen molar-refractivity contribution < 1.29 is 4.79 Å². The van der Waals surface area contributed by atoms with Gasteiger partial charge in [0.1, 0.15) is 5.82 Å². The Morgan fingerprint density at radius 2 is 2.11 bits per heavy atom. The Hall–Kier alpha value is -3.02. The van der Waals surface area contributed by atoms with Gasteiger partial charge in [0, 0.05) is 25.0 Å². The van der Waals surface area contributed by atoms with Gasteiger partial charge in [-0.05, 0) is 50.5 Å². The number of rotatable bonds is 5. The molecule has 1 unspecified atom stereocenters. The predicted octanol–water partition coefficient (Wildman–Crippen LogP) is 3.78. The van der Waals surface area contributed by atoms with Crippen molar-refractivity contribution in [1.29, 1.82) is 0 Å². The molecule has 1 aliphatic rings. The number of aryl methyl sites for hydroxylation is 1. The van der Waals surface area contributed by atoms with E-state index in [-0.39, 0.29) is 17.4 Å². The largest absolute Gasteiger partial charge is 0.361 e. The van der Waals surface area contributed by atoms with Gasteiger partial charge in [-0.2, -0.15) is 5.10 Å². The highest BCUT2D eigenvalue weighted by Gasteiger charge is 2.36. The van der Waals surface area contributed by atoms with E-state index in [2.05, 4.69) is 34.2 Å². The Morgan fingerprint density at radius 1 is 1.22 bits per heavy atom. The number of hydrogen-bond acceptors (Lipinski definition) is 5. The second-order valence-electron chi connectivity index (χ2n) is 7.57. The van der Waals surface area contributed by atoms with E-state index >= 15 is 0 Å². The molecular weight excluding hydrogens is 338 g/mol. The van der Waals surface area contributed by atoms with E-state index in [1.165, 1.54) is 0 Å². The molecule has 138 valence electrons. The SMILES string of the molecule is CC1(C)CC(c2ccccn2)Nc2c(C(=O)CCc3cccnc3)cnn21. The van der Waals surface area contributed by atoms with Gasteiger partial charge in [0.2, 0.25) is 0 Å². The van der Waals surface area contributed by atoms with Gasteiger partial charge in [0.25, 0.3) is 0 Å². The molecule has 0 spiro atoms. The lowest BCUT2D eigenvalue weighted by Crippen LogP contribution is -2.38. The van der Waals surface area contributed by atoms with Crippen LogP contribution in [0, 0.1) is 0 Å². The number of pyridine rings is 2. The molecule has 4 rings (SSSR count). The van der Waals surface area contributed by atoms with Crippen molar-refractivity contribution in [1.82, 2.24) is 19.7 Å². The van der Waals surface area contributed by atoms with Crippen molar-refractivity contribution in [2.24, 2.45) is 0 Å². The zero-order chi connectivity index (χ0) is 18.9. The van der Waals surface area contributed by atoms with Crippen LogP contribution < -0.4 is 5.32 Å². The first kappa shape index (κ1) is 17.4. The number of aromatic nitrogens is 4. The van der Waals surface area contributed by atoms with Gasteiger partial charge in [0.15, 0.2) is 5.78 Å². The number of carbonyl (C=O) groups is 1. The average molecular weight is 361 g/mol. The number of Topliss-reactive ketones (excluding diaryl/α,β-unsaturated/α-hetero) is 1. The molecule has 0 saturated heterocycles. The highest BCUT2D eigenvalue weighted by atomic mass is 16.1. The maximum Gasteiger partial charge on any atom is 0.168 e. The topological polar surface area (TPSA) is 72.7 Å². The van der Waals surface area contributed by atoms with Crippen molar-refractivity contribution in [3.8, 4) is 0 Å². The summed E-state index contributed by atoms with van der Waals surface area (Å²) in [4.78, 5) is 21.5. The average Bonchev–Trinajstić information content (AvgIpc) is 3.12. The molecule has 6 heteroatoms. The van der Waals surface area contributed by atoms with E-state index < -0.39 is 0 Å². The lowest BCUT2D eigenvalue weighted by Gasteiger charge is -2.37. The molecule has 6 nitrogen and oxygen atoms in total. The molecule has 1 atom stereocenters. The number of carbonyl (C=O) groups excluding carboxylic acids is 1. The van der Waals surface area contributed by atoms with Gasteiger partial charge >= 0.3 is 0 Å². The standard InChI is InChI=1S/C21H23N5O/c1-21(2)12-18(17-7-3-4-11-23-17)25-20-16(14-24-26(20)21)19(27)9-8-15-6-5-10-22-13-15/h3-7,10-11,13-14,18,25H,8-9,12H2,1-2H3. The Balaban J connectivity index is 1.58. The smallest absolute Gasteiger partial charge is 0.168 e. The minimum absolute atomic E-state index is 0.0512. The Labute approximate surface area is 158 Å². The number of ketones is 1. The van der Waals surface area contributed by atoms with Crippen LogP contribution in [-0.2, 0) is 12.0 Å². The summed E-state index contributed by atoms with van der Waals surface area (Å²) in [6, 6.07) is 9.85. The third-order valence-corrected chi connectivity index (χ3v) is 5.07. The van der Waals surface area contributed by atoms with Gasteiger partial charge in [0.05, 0.1) is 29.0 Å². The number of fused-ring (bicyclic) bond motifs is 1. The highest BCUT2D eigenvalue weighted by molar-refractivity contribution is 6.00. The first-order chi connectivity index (χ1) is 13.0. The van der Waals surface area contributed by atoms with Crippen LogP contribution in [0.15, 0.2) is 55.1 Å².